The molecule has 1 aliphatic heterocycles. The molecule has 7 heteroatoms. The molecule has 1 amide bonds. The van der Waals surface area contributed by atoms with E-state index in [2.05, 4.69) is 9.72 Å². The fourth-order valence-corrected chi connectivity index (χ4v) is 1.95. The second-order valence-corrected chi connectivity index (χ2v) is 4.15. The number of rotatable bonds is 2. The number of pyridine rings is 1. The van der Waals surface area contributed by atoms with Crippen LogP contribution in [0.1, 0.15) is 10.5 Å². The summed E-state index contributed by atoms with van der Waals surface area (Å²) in [5, 5.41) is 8.86. The van der Waals surface area contributed by atoms with Crippen LogP contribution in [0, 0.1) is 0 Å². The van der Waals surface area contributed by atoms with Gasteiger partial charge in [-0.15, -0.1) is 0 Å². The van der Waals surface area contributed by atoms with Gasteiger partial charge >= 0.3 is 12.1 Å². The van der Waals surface area contributed by atoms with Crippen LogP contribution in [0.2, 0.25) is 0 Å². The second kappa shape index (κ2) is 5.55. The molecule has 0 saturated carbocycles. The number of aromatic nitrogens is 1. The van der Waals surface area contributed by atoms with Gasteiger partial charge in [0.1, 0.15) is 5.69 Å². The van der Waals surface area contributed by atoms with Crippen molar-refractivity contribution in [3.63, 3.8) is 0 Å². The first-order valence-corrected chi connectivity index (χ1v) is 5.89. The number of nitrogens with zero attached hydrogens (tertiary/aromatic N) is 3. The lowest BCUT2D eigenvalue weighted by Crippen LogP contribution is -2.48. The summed E-state index contributed by atoms with van der Waals surface area (Å²) in [6.07, 6.45) is 0.710. The third-order valence-corrected chi connectivity index (χ3v) is 3.06. The number of piperazine rings is 1. The molecule has 1 saturated heterocycles. The Hall–Kier alpha value is -2.31. The molecule has 19 heavy (non-hydrogen) atoms. The molecular formula is C12H15N3O4. The summed E-state index contributed by atoms with van der Waals surface area (Å²) in [5.41, 5.74) is 1.13. The third-order valence-electron chi connectivity index (χ3n) is 3.06. The van der Waals surface area contributed by atoms with Gasteiger partial charge in [0, 0.05) is 26.2 Å². The Bertz CT molecular complexity index is 466. The number of amides is 1. The number of anilines is 1. The minimum Gasteiger partial charge on any atom is -0.465 e. The van der Waals surface area contributed by atoms with E-state index in [1.54, 1.807) is 18.3 Å². The van der Waals surface area contributed by atoms with Gasteiger partial charge < -0.3 is 19.6 Å². The maximum absolute atomic E-state index is 11.2. The standard InChI is InChI=1S/C12H15N3O4/c1-19-11(16)10-3-2-9(8-13-10)14-4-6-15(7-5-14)12(17)18/h2-3,8H,4-7H2,1H3,(H,17,18). The van der Waals surface area contributed by atoms with Crippen molar-refractivity contribution in [1.29, 1.82) is 0 Å². The number of methoxy groups -OCH3 is 1. The molecule has 1 aromatic heterocycles. The van der Waals surface area contributed by atoms with Crippen molar-refractivity contribution >= 4 is 17.7 Å². The number of hydrogen-bond donors (Lipinski definition) is 1. The molecule has 2 heterocycles. The predicted molar refractivity (Wildman–Crippen MR) is 67.4 cm³/mol. The van der Waals surface area contributed by atoms with Crippen LogP contribution in [0.3, 0.4) is 0 Å². The molecule has 0 aliphatic carbocycles. The summed E-state index contributed by atoms with van der Waals surface area (Å²) in [6, 6.07) is 3.39. The van der Waals surface area contributed by atoms with Gasteiger partial charge in [-0.05, 0) is 12.1 Å². The zero-order valence-corrected chi connectivity index (χ0v) is 10.6. The van der Waals surface area contributed by atoms with E-state index in [0.29, 0.717) is 26.2 Å². The van der Waals surface area contributed by atoms with E-state index >= 15 is 0 Å². The average Bonchev–Trinajstić information content (AvgIpc) is 2.46. The monoisotopic (exact) mass is 265 g/mol. The van der Waals surface area contributed by atoms with Gasteiger partial charge in [-0.1, -0.05) is 0 Å². The van der Waals surface area contributed by atoms with Gasteiger partial charge in [-0.2, -0.15) is 0 Å². The summed E-state index contributed by atoms with van der Waals surface area (Å²) >= 11 is 0. The van der Waals surface area contributed by atoms with Crippen molar-refractivity contribution in [2.75, 3.05) is 38.2 Å². The SMILES string of the molecule is COC(=O)c1ccc(N2CCN(C(=O)O)CC2)cn1. The van der Waals surface area contributed by atoms with Crippen LogP contribution in [0.15, 0.2) is 18.3 Å². The Kier molecular flexibility index (Phi) is 3.84. The Labute approximate surface area is 110 Å². The van der Waals surface area contributed by atoms with E-state index in [9.17, 15) is 9.59 Å². The van der Waals surface area contributed by atoms with E-state index in [-0.39, 0.29) is 5.69 Å². The number of ether oxygens (including phenoxy) is 1. The van der Waals surface area contributed by atoms with Gasteiger partial charge in [0.2, 0.25) is 0 Å². The number of carbonyl (C=O) groups excluding carboxylic acids is 1. The molecule has 1 fully saturated rings. The quantitative estimate of drug-likeness (QED) is 0.791. The third kappa shape index (κ3) is 2.93. The average molecular weight is 265 g/mol. The van der Waals surface area contributed by atoms with Gasteiger partial charge in [-0.25, -0.2) is 14.6 Å². The molecule has 1 N–H and O–H groups in total. The molecule has 0 bridgehead atoms. The summed E-state index contributed by atoms with van der Waals surface area (Å²) in [7, 11) is 1.31. The summed E-state index contributed by atoms with van der Waals surface area (Å²) in [4.78, 5) is 29.5. The second-order valence-electron chi connectivity index (χ2n) is 4.15. The number of hydrogen-bond acceptors (Lipinski definition) is 5. The Morgan fingerprint density at radius 1 is 1.26 bits per heavy atom. The first kappa shape index (κ1) is 13.1. The normalized spacial score (nSPS) is 15.2. The molecular weight excluding hydrogens is 250 g/mol. The van der Waals surface area contributed by atoms with Crippen molar-refractivity contribution in [2.24, 2.45) is 0 Å². The van der Waals surface area contributed by atoms with Crippen LogP contribution in [-0.4, -0.2) is 60.3 Å². The van der Waals surface area contributed by atoms with Gasteiger partial charge in [-0.3, -0.25) is 0 Å². The fraction of sp³-hybridized carbons (Fsp3) is 0.417. The molecule has 2 rings (SSSR count). The predicted octanol–water partition coefficient (Wildman–Crippen LogP) is 0.668. The Morgan fingerprint density at radius 3 is 2.42 bits per heavy atom. The van der Waals surface area contributed by atoms with Crippen molar-refractivity contribution < 1.29 is 19.4 Å². The van der Waals surface area contributed by atoms with E-state index in [1.165, 1.54) is 12.0 Å². The Morgan fingerprint density at radius 2 is 1.95 bits per heavy atom. The maximum Gasteiger partial charge on any atom is 0.407 e. The minimum atomic E-state index is -0.890. The summed E-state index contributed by atoms with van der Waals surface area (Å²) in [5.74, 6) is -0.470. The smallest absolute Gasteiger partial charge is 0.407 e. The molecule has 1 aromatic rings. The van der Waals surface area contributed by atoms with Crippen LogP contribution < -0.4 is 4.90 Å². The number of carboxylic acid groups (broad SMARTS) is 1. The summed E-state index contributed by atoms with van der Waals surface area (Å²) < 4.78 is 4.58. The Balaban J connectivity index is 2.00. The molecule has 0 aromatic carbocycles. The van der Waals surface area contributed by atoms with Crippen LogP contribution in [-0.2, 0) is 4.74 Å². The lowest BCUT2D eigenvalue weighted by Gasteiger charge is -2.34. The lowest BCUT2D eigenvalue weighted by atomic mass is 10.2. The highest BCUT2D eigenvalue weighted by atomic mass is 16.5. The molecule has 0 unspecified atom stereocenters. The van der Waals surface area contributed by atoms with Crippen LogP contribution >= 0.6 is 0 Å². The lowest BCUT2D eigenvalue weighted by molar-refractivity contribution is 0.0594. The number of carbonyl (C=O) groups is 2. The molecule has 7 nitrogen and oxygen atoms in total. The molecule has 0 atom stereocenters. The molecule has 1 aliphatic rings. The highest BCUT2D eigenvalue weighted by Gasteiger charge is 2.20. The van der Waals surface area contributed by atoms with E-state index in [1.807, 2.05) is 4.90 Å². The van der Waals surface area contributed by atoms with Crippen molar-refractivity contribution in [3.8, 4) is 0 Å². The largest absolute Gasteiger partial charge is 0.465 e. The fourth-order valence-electron chi connectivity index (χ4n) is 1.95. The van der Waals surface area contributed by atoms with Gasteiger partial charge in [0.15, 0.2) is 0 Å². The van der Waals surface area contributed by atoms with Gasteiger partial charge in [0.25, 0.3) is 0 Å². The minimum absolute atomic E-state index is 0.260. The number of esters is 1. The molecule has 0 radical (unpaired) electrons. The van der Waals surface area contributed by atoms with Crippen molar-refractivity contribution in [1.82, 2.24) is 9.88 Å². The zero-order valence-electron chi connectivity index (χ0n) is 10.6. The zero-order chi connectivity index (χ0) is 13.8. The van der Waals surface area contributed by atoms with Crippen molar-refractivity contribution in [2.45, 2.75) is 0 Å². The van der Waals surface area contributed by atoms with Crippen LogP contribution in [0.4, 0.5) is 10.5 Å². The molecule has 102 valence electrons. The van der Waals surface area contributed by atoms with Crippen LogP contribution in [0.5, 0.6) is 0 Å². The first-order chi connectivity index (χ1) is 9.11. The van der Waals surface area contributed by atoms with Crippen LogP contribution in [0.25, 0.3) is 0 Å². The highest BCUT2D eigenvalue weighted by molar-refractivity contribution is 5.87. The molecule has 0 spiro atoms. The highest BCUT2D eigenvalue weighted by Crippen LogP contribution is 2.15. The van der Waals surface area contributed by atoms with E-state index < -0.39 is 12.1 Å². The topological polar surface area (TPSA) is 83.0 Å². The van der Waals surface area contributed by atoms with E-state index in [0.717, 1.165) is 5.69 Å². The van der Waals surface area contributed by atoms with Gasteiger partial charge in [0.05, 0.1) is 19.0 Å². The van der Waals surface area contributed by atoms with E-state index in [4.69, 9.17) is 5.11 Å². The first-order valence-electron chi connectivity index (χ1n) is 5.89. The maximum atomic E-state index is 11.2. The summed E-state index contributed by atoms with van der Waals surface area (Å²) in [6.45, 7) is 2.17. The van der Waals surface area contributed by atoms with Crippen molar-refractivity contribution in [3.05, 3.63) is 24.0 Å².